The lowest BCUT2D eigenvalue weighted by Crippen LogP contribution is -2.25. The molecule has 0 heterocycles. The molecule has 0 aliphatic heterocycles. The molecule has 0 aliphatic rings. The number of carbonyl (C=O) groups excluding carboxylic acids is 2. The van der Waals surface area contributed by atoms with Gasteiger partial charge in [-0.25, -0.2) is 0 Å². The van der Waals surface area contributed by atoms with Crippen LogP contribution in [0.25, 0.3) is 6.08 Å². The number of carbonyl (C=O) groups is 2. The smallest absolute Gasteiger partial charge is 0.322 e. The Morgan fingerprint density at radius 3 is 1.94 bits per heavy atom. The van der Waals surface area contributed by atoms with Crippen LogP contribution >= 0.6 is 0 Å². The summed E-state index contributed by atoms with van der Waals surface area (Å²) in [6.45, 7) is 4.10. The van der Waals surface area contributed by atoms with Crippen LogP contribution in [0.2, 0.25) is 0 Å². The summed E-state index contributed by atoms with van der Waals surface area (Å²) in [5, 5.41) is 5.05. The molecular formula is C26H23F3N2O2. The first kappa shape index (κ1) is 23.8. The van der Waals surface area contributed by atoms with E-state index >= 15 is 0 Å². The summed E-state index contributed by atoms with van der Waals surface area (Å²) < 4.78 is 39.1. The zero-order valence-electron chi connectivity index (χ0n) is 18.1. The number of hydrogen-bond donors (Lipinski definition) is 2. The van der Waals surface area contributed by atoms with E-state index in [1.807, 2.05) is 26.0 Å². The number of hydrogen-bond acceptors (Lipinski definition) is 2. The molecule has 0 aromatic heterocycles. The highest BCUT2D eigenvalue weighted by Gasteiger charge is 2.30. The van der Waals surface area contributed by atoms with Crippen LogP contribution in [0, 0.1) is 0 Å². The van der Waals surface area contributed by atoms with Gasteiger partial charge >= 0.3 is 6.18 Å². The van der Waals surface area contributed by atoms with Gasteiger partial charge in [0, 0.05) is 11.4 Å². The van der Waals surface area contributed by atoms with Crippen LogP contribution in [-0.4, -0.2) is 11.8 Å². The third-order valence-electron chi connectivity index (χ3n) is 4.88. The second-order valence-corrected chi connectivity index (χ2v) is 7.73. The minimum atomic E-state index is -4.55. The van der Waals surface area contributed by atoms with Crippen molar-refractivity contribution in [1.82, 2.24) is 0 Å². The number of para-hydroxylation sites is 1. The standard InChI is InChI=1S/C26H23F3N2O2/c1-17(2)19-13-11-18(12-14-19)15-23(24(32)30-21-8-4-3-5-9-21)25(33)31-22-10-6-7-20(16-22)26(27,28)29/h3-17H,1-2H3,(H,30,32)(H,31,33). The average molecular weight is 452 g/mol. The van der Waals surface area contributed by atoms with Crippen LogP contribution in [0.5, 0.6) is 0 Å². The average Bonchev–Trinajstić information content (AvgIpc) is 2.78. The highest BCUT2D eigenvalue weighted by molar-refractivity contribution is 6.28. The maximum atomic E-state index is 13.0. The monoisotopic (exact) mass is 452 g/mol. The molecule has 0 spiro atoms. The Morgan fingerprint density at radius 1 is 0.788 bits per heavy atom. The van der Waals surface area contributed by atoms with Crippen molar-refractivity contribution in [2.75, 3.05) is 10.6 Å². The lowest BCUT2D eigenvalue weighted by Gasteiger charge is -2.12. The minimum Gasteiger partial charge on any atom is -0.322 e. The van der Waals surface area contributed by atoms with Crippen molar-refractivity contribution < 1.29 is 22.8 Å². The fraction of sp³-hybridized carbons (Fsp3) is 0.154. The number of benzene rings is 3. The van der Waals surface area contributed by atoms with Gasteiger partial charge in [-0.15, -0.1) is 0 Å². The van der Waals surface area contributed by atoms with Crippen molar-refractivity contribution in [3.05, 3.63) is 101 Å². The van der Waals surface area contributed by atoms with Crippen LogP contribution in [-0.2, 0) is 15.8 Å². The van der Waals surface area contributed by atoms with E-state index in [0.29, 0.717) is 17.2 Å². The lowest BCUT2D eigenvalue weighted by molar-refractivity contribution is -0.137. The molecule has 3 aromatic rings. The number of rotatable bonds is 6. The molecule has 0 fully saturated rings. The largest absolute Gasteiger partial charge is 0.416 e. The van der Waals surface area contributed by atoms with Gasteiger partial charge in [0.05, 0.1) is 5.56 Å². The molecule has 0 bridgehead atoms. The molecule has 4 nitrogen and oxygen atoms in total. The summed E-state index contributed by atoms with van der Waals surface area (Å²) >= 11 is 0. The zero-order chi connectivity index (χ0) is 24.0. The van der Waals surface area contributed by atoms with Crippen LogP contribution < -0.4 is 10.6 Å². The number of halogens is 3. The molecular weight excluding hydrogens is 429 g/mol. The molecule has 0 aliphatic carbocycles. The number of amides is 2. The Hall–Kier alpha value is -3.87. The van der Waals surface area contributed by atoms with Crippen LogP contribution in [0.4, 0.5) is 24.5 Å². The van der Waals surface area contributed by atoms with E-state index in [1.54, 1.807) is 42.5 Å². The highest BCUT2D eigenvalue weighted by atomic mass is 19.4. The van der Waals surface area contributed by atoms with E-state index in [9.17, 15) is 22.8 Å². The normalized spacial score (nSPS) is 11.9. The summed E-state index contributed by atoms with van der Waals surface area (Å²) in [6, 6.07) is 20.2. The van der Waals surface area contributed by atoms with Gasteiger partial charge in [-0.05, 0) is 53.5 Å². The van der Waals surface area contributed by atoms with E-state index < -0.39 is 23.6 Å². The fourth-order valence-corrected chi connectivity index (χ4v) is 3.07. The van der Waals surface area contributed by atoms with Gasteiger partial charge in [-0.2, -0.15) is 13.2 Å². The maximum absolute atomic E-state index is 13.0. The van der Waals surface area contributed by atoms with Gasteiger partial charge < -0.3 is 10.6 Å². The first-order chi connectivity index (χ1) is 15.6. The van der Waals surface area contributed by atoms with E-state index in [0.717, 1.165) is 17.7 Å². The molecule has 2 N–H and O–H groups in total. The highest BCUT2D eigenvalue weighted by Crippen LogP contribution is 2.30. The number of alkyl halides is 3. The summed E-state index contributed by atoms with van der Waals surface area (Å²) in [7, 11) is 0. The zero-order valence-corrected chi connectivity index (χ0v) is 18.1. The Balaban J connectivity index is 1.92. The van der Waals surface area contributed by atoms with E-state index in [1.165, 1.54) is 18.2 Å². The molecule has 170 valence electrons. The van der Waals surface area contributed by atoms with Gasteiger partial charge in [-0.1, -0.05) is 62.4 Å². The van der Waals surface area contributed by atoms with Gasteiger partial charge in [-0.3, -0.25) is 9.59 Å². The first-order valence-corrected chi connectivity index (χ1v) is 10.3. The fourth-order valence-electron chi connectivity index (χ4n) is 3.07. The molecule has 3 rings (SSSR count). The molecule has 7 heteroatoms. The van der Waals surface area contributed by atoms with Crippen LogP contribution in [0.3, 0.4) is 0 Å². The summed E-state index contributed by atoms with van der Waals surface area (Å²) in [4.78, 5) is 25.9. The molecule has 0 saturated heterocycles. The Bertz CT molecular complexity index is 1150. The molecule has 0 atom stereocenters. The quantitative estimate of drug-likeness (QED) is 0.255. The second-order valence-electron chi connectivity index (χ2n) is 7.73. The third-order valence-corrected chi connectivity index (χ3v) is 4.88. The van der Waals surface area contributed by atoms with Gasteiger partial charge in [0.25, 0.3) is 11.8 Å². The van der Waals surface area contributed by atoms with Crippen molar-refractivity contribution in [2.45, 2.75) is 25.9 Å². The molecule has 33 heavy (non-hydrogen) atoms. The van der Waals surface area contributed by atoms with Crippen molar-refractivity contribution >= 4 is 29.3 Å². The van der Waals surface area contributed by atoms with Gasteiger partial charge in [0.2, 0.25) is 0 Å². The number of nitrogens with one attached hydrogen (secondary N) is 2. The van der Waals surface area contributed by atoms with E-state index in [4.69, 9.17) is 0 Å². The summed E-state index contributed by atoms with van der Waals surface area (Å²) in [6.07, 6.45) is -3.15. The van der Waals surface area contributed by atoms with E-state index in [-0.39, 0.29) is 11.3 Å². The summed E-state index contributed by atoms with van der Waals surface area (Å²) in [5.41, 5.74) is 0.976. The predicted molar refractivity (Wildman–Crippen MR) is 124 cm³/mol. The predicted octanol–water partition coefficient (Wildman–Crippen LogP) is 6.49. The Kier molecular flexibility index (Phi) is 7.33. The van der Waals surface area contributed by atoms with E-state index in [2.05, 4.69) is 10.6 Å². The Morgan fingerprint density at radius 2 is 1.36 bits per heavy atom. The van der Waals surface area contributed by atoms with Crippen molar-refractivity contribution in [1.29, 1.82) is 0 Å². The Labute approximate surface area is 190 Å². The van der Waals surface area contributed by atoms with Gasteiger partial charge in [0.15, 0.2) is 0 Å². The van der Waals surface area contributed by atoms with Crippen LogP contribution in [0.1, 0.15) is 36.5 Å². The topological polar surface area (TPSA) is 58.2 Å². The van der Waals surface area contributed by atoms with Gasteiger partial charge in [0.1, 0.15) is 5.57 Å². The lowest BCUT2D eigenvalue weighted by atomic mass is 10.0. The number of anilines is 2. The molecule has 3 aromatic carbocycles. The summed E-state index contributed by atoms with van der Waals surface area (Å²) in [5.74, 6) is -1.19. The molecule has 0 saturated carbocycles. The van der Waals surface area contributed by atoms with Crippen LogP contribution in [0.15, 0.2) is 84.4 Å². The maximum Gasteiger partial charge on any atom is 0.416 e. The van der Waals surface area contributed by atoms with Crippen molar-refractivity contribution in [3.63, 3.8) is 0 Å². The SMILES string of the molecule is CC(C)c1ccc(C=C(C(=O)Nc2ccccc2)C(=O)Nc2cccc(C(F)(F)F)c2)cc1. The van der Waals surface area contributed by atoms with Crippen molar-refractivity contribution in [3.8, 4) is 0 Å². The van der Waals surface area contributed by atoms with Crippen molar-refractivity contribution in [2.24, 2.45) is 0 Å². The second kappa shape index (κ2) is 10.2. The third kappa shape index (κ3) is 6.55. The molecule has 0 radical (unpaired) electrons. The minimum absolute atomic E-state index is 0.0663. The molecule has 0 unspecified atom stereocenters. The molecule has 2 amide bonds. The first-order valence-electron chi connectivity index (χ1n) is 10.3.